The van der Waals surface area contributed by atoms with E-state index < -0.39 is 8.32 Å². The van der Waals surface area contributed by atoms with Crippen molar-refractivity contribution < 1.29 is 4.43 Å². The zero-order valence-electron chi connectivity index (χ0n) is 15.0. The molecule has 0 fully saturated rings. The summed E-state index contributed by atoms with van der Waals surface area (Å²) in [5.74, 6) is 0. The normalized spacial score (nSPS) is 11.9. The van der Waals surface area contributed by atoms with E-state index in [1.54, 1.807) is 0 Å². The minimum atomic E-state index is -2.39. The maximum atomic E-state index is 8.73. The van der Waals surface area contributed by atoms with Crippen molar-refractivity contribution in [1.29, 1.82) is 5.26 Å². The summed E-state index contributed by atoms with van der Waals surface area (Å²) in [5.41, 5.74) is 0. The predicted molar refractivity (Wildman–Crippen MR) is 103 cm³/mol. The van der Waals surface area contributed by atoms with Crippen molar-refractivity contribution in [3.63, 3.8) is 0 Å². The molecule has 0 aliphatic rings. The Kier molecular flexibility index (Phi) is 6.36. The quantitative estimate of drug-likeness (QED) is 0.559. The molecule has 2 rings (SSSR count). The largest absolute Gasteiger partial charge is 0.407 e. The summed E-state index contributed by atoms with van der Waals surface area (Å²) >= 11 is 0. The lowest BCUT2D eigenvalue weighted by atomic mass is 10.2. The molecule has 2 aromatic carbocycles. The lowest BCUT2D eigenvalue weighted by molar-refractivity contribution is 0.289. The van der Waals surface area contributed by atoms with E-state index in [9.17, 15) is 0 Å². The van der Waals surface area contributed by atoms with Gasteiger partial charge in [-0.1, -0.05) is 81.4 Å². The molecule has 3 heteroatoms. The topological polar surface area (TPSA) is 33.0 Å². The van der Waals surface area contributed by atoms with Crippen LogP contribution in [0.4, 0.5) is 0 Å². The van der Waals surface area contributed by atoms with Crippen molar-refractivity contribution >= 4 is 18.7 Å². The first-order valence-corrected chi connectivity index (χ1v) is 10.5. The Bertz CT molecular complexity index is 616. The second-order valence-electron chi connectivity index (χ2n) is 7.13. The van der Waals surface area contributed by atoms with Crippen LogP contribution >= 0.6 is 0 Å². The van der Waals surface area contributed by atoms with E-state index in [4.69, 9.17) is 9.69 Å². The molecule has 126 valence electrons. The predicted octanol–water partition coefficient (Wildman–Crippen LogP) is 4.26. The first kappa shape index (κ1) is 18.4. The van der Waals surface area contributed by atoms with Crippen molar-refractivity contribution in [2.75, 3.05) is 6.61 Å². The lowest BCUT2D eigenvalue weighted by Crippen LogP contribution is -2.66. The van der Waals surface area contributed by atoms with E-state index in [1.165, 1.54) is 10.4 Å². The first-order valence-electron chi connectivity index (χ1n) is 8.64. The average Bonchev–Trinajstić information content (AvgIpc) is 2.59. The highest BCUT2D eigenvalue weighted by Gasteiger charge is 2.49. The highest BCUT2D eigenvalue weighted by atomic mass is 28.4. The molecule has 0 unspecified atom stereocenters. The third kappa shape index (κ3) is 3.95. The van der Waals surface area contributed by atoms with E-state index in [2.05, 4.69) is 87.5 Å². The molecule has 0 spiro atoms. The maximum absolute atomic E-state index is 8.73. The van der Waals surface area contributed by atoms with Crippen molar-refractivity contribution in [3.05, 3.63) is 60.7 Å². The van der Waals surface area contributed by atoms with Gasteiger partial charge in [0.2, 0.25) is 0 Å². The third-order valence-corrected chi connectivity index (χ3v) is 9.46. The van der Waals surface area contributed by atoms with Gasteiger partial charge < -0.3 is 4.43 Å². The second kappa shape index (κ2) is 8.28. The van der Waals surface area contributed by atoms with Gasteiger partial charge in [0.1, 0.15) is 0 Å². The summed E-state index contributed by atoms with van der Waals surface area (Å²) in [6, 6.07) is 23.6. The number of benzene rings is 2. The molecule has 24 heavy (non-hydrogen) atoms. The molecule has 2 nitrogen and oxygen atoms in total. The molecule has 0 saturated heterocycles. The first-order chi connectivity index (χ1) is 11.5. The van der Waals surface area contributed by atoms with Crippen LogP contribution in [0.25, 0.3) is 0 Å². The van der Waals surface area contributed by atoms with Gasteiger partial charge in [-0.05, 0) is 28.3 Å². The van der Waals surface area contributed by atoms with Gasteiger partial charge in [-0.15, -0.1) is 0 Å². The Hall–Kier alpha value is -1.89. The molecule has 2 aromatic rings. The Morgan fingerprint density at radius 1 is 0.875 bits per heavy atom. The number of hydrogen-bond acceptors (Lipinski definition) is 2. The molecule has 0 radical (unpaired) electrons. The van der Waals surface area contributed by atoms with Crippen molar-refractivity contribution in [2.45, 2.75) is 45.1 Å². The molecule has 0 N–H and O–H groups in total. The van der Waals surface area contributed by atoms with Crippen LogP contribution < -0.4 is 10.4 Å². The van der Waals surface area contributed by atoms with Crippen LogP contribution in [0.3, 0.4) is 0 Å². The van der Waals surface area contributed by atoms with Gasteiger partial charge in [0, 0.05) is 13.0 Å². The third-order valence-electron chi connectivity index (χ3n) is 4.42. The van der Waals surface area contributed by atoms with Crippen LogP contribution in [0, 0.1) is 11.3 Å². The molecule has 0 bridgehead atoms. The fraction of sp³-hybridized carbons (Fsp3) is 0.381. The molecular formula is C21H27NOSi. The van der Waals surface area contributed by atoms with Gasteiger partial charge >= 0.3 is 0 Å². The van der Waals surface area contributed by atoms with Crippen molar-refractivity contribution in [3.8, 4) is 6.07 Å². The fourth-order valence-corrected chi connectivity index (χ4v) is 7.90. The van der Waals surface area contributed by atoms with Gasteiger partial charge in [-0.3, -0.25) is 0 Å². The average molecular weight is 338 g/mol. The standard InChI is InChI=1S/C21H27NOSi/c1-21(2,3)24(19-13-7-4-8-14-19,20-15-9-5-10-16-20)23-18-12-6-11-17-22/h4-5,7-10,13-16H,6,11-12,18H2,1-3H3. The van der Waals surface area contributed by atoms with Gasteiger partial charge in [-0.25, -0.2) is 0 Å². The number of nitriles is 1. The molecule has 0 amide bonds. The van der Waals surface area contributed by atoms with E-state index in [0.717, 1.165) is 12.8 Å². The van der Waals surface area contributed by atoms with E-state index in [-0.39, 0.29) is 5.04 Å². The molecule has 0 atom stereocenters. The molecule has 0 saturated carbocycles. The van der Waals surface area contributed by atoms with Gasteiger partial charge in [0.15, 0.2) is 0 Å². The van der Waals surface area contributed by atoms with Crippen molar-refractivity contribution in [2.24, 2.45) is 0 Å². The second-order valence-corrected chi connectivity index (χ2v) is 11.4. The Balaban J connectivity index is 2.44. The monoisotopic (exact) mass is 337 g/mol. The number of unbranched alkanes of at least 4 members (excludes halogenated alkanes) is 2. The minimum absolute atomic E-state index is 0.0188. The molecule has 0 aliphatic carbocycles. The van der Waals surface area contributed by atoms with E-state index in [1.807, 2.05) is 0 Å². The SMILES string of the molecule is CC(C)(C)[Si](OCCCCC#N)(c1ccccc1)c1ccccc1. The summed E-state index contributed by atoms with van der Waals surface area (Å²) in [6.07, 6.45) is 2.43. The maximum Gasteiger partial charge on any atom is 0.261 e. The summed E-state index contributed by atoms with van der Waals surface area (Å²) in [7, 11) is -2.39. The van der Waals surface area contributed by atoms with Crippen molar-refractivity contribution in [1.82, 2.24) is 0 Å². The highest BCUT2D eigenvalue weighted by Crippen LogP contribution is 2.36. The molecule has 0 aliphatic heterocycles. The Morgan fingerprint density at radius 2 is 1.38 bits per heavy atom. The van der Waals surface area contributed by atoms with E-state index in [0.29, 0.717) is 13.0 Å². The summed E-state index contributed by atoms with van der Waals surface area (Å²) in [6.45, 7) is 7.56. The van der Waals surface area contributed by atoms with Crippen LogP contribution in [-0.2, 0) is 4.43 Å². The lowest BCUT2D eigenvalue weighted by Gasteiger charge is -2.43. The fourth-order valence-electron chi connectivity index (χ4n) is 3.29. The van der Waals surface area contributed by atoms with Crippen LogP contribution in [0.2, 0.25) is 5.04 Å². The summed E-state index contributed by atoms with van der Waals surface area (Å²) in [4.78, 5) is 0. The molecule has 0 aromatic heterocycles. The number of hydrogen-bond donors (Lipinski definition) is 0. The van der Waals surface area contributed by atoms with Crippen LogP contribution in [0.5, 0.6) is 0 Å². The summed E-state index contributed by atoms with van der Waals surface area (Å²) < 4.78 is 6.74. The summed E-state index contributed by atoms with van der Waals surface area (Å²) in [5, 5.41) is 11.4. The van der Waals surface area contributed by atoms with E-state index >= 15 is 0 Å². The van der Waals surface area contributed by atoms with Crippen LogP contribution in [0.15, 0.2) is 60.7 Å². The Morgan fingerprint density at radius 3 is 1.79 bits per heavy atom. The minimum Gasteiger partial charge on any atom is -0.407 e. The van der Waals surface area contributed by atoms with Crippen LogP contribution in [-0.4, -0.2) is 14.9 Å². The Labute approximate surface area is 147 Å². The zero-order chi connectivity index (χ0) is 17.5. The zero-order valence-corrected chi connectivity index (χ0v) is 16.0. The van der Waals surface area contributed by atoms with Crippen LogP contribution in [0.1, 0.15) is 40.0 Å². The molecular weight excluding hydrogens is 310 g/mol. The number of rotatable bonds is 7. The van der Waals surface area contributed by atoms with Gasteiger partial charge in [0.05, 0.1) is 6.07 Å². The molecule has 0 heterocycles. The number of nitrogens with zero attached hydrogens (tertiary/aromatic N) is 1. The highest BCUT2D eigenvalue weighted by molar-refractivity contribution is 6.99. The van der Waals surface area contributed by atoms with Gasteiger partial charge in [-0.2, -0.15) is 5.26 Å². The van der Waals surface area contributed by atoms with Gasteiger partial charge in [0.25, 0.3) is 8.32 Å². The smallest absolute Gasteiger partial charge is 0.261 e.